The summed E-state index contributed by atoms with van der Waals surface area (Å²) in [5.41, 5.74) is 0.832. The van der Waals surface area contributed by atoms with Gasteiger partial charge in [0.1, 0.15) is 0 Å². The number of ether oxygens (including phenoxy) is 1. The number of rotatable bonds is 5. The Hall–Kier alpha value is -2.43. The number of carbonyl (C=O) groups is 3. The smallest absolute Gasteiger partial charge is 0.379 e. The second-order valence-corrected chi connectivity index (χ2v) is 3.34. The highest BCUT2D eigenvalue weighted by Crippen LogP contribution is 2.07. The van der Waals surface area contributed by atoms with Crippen LogP contribution in [0.4, 0.5) is 0 Å². The topological polar surface area (TPSA) is 80.7 Å². The highest BCUT2D eigenvalue weighted by Gasteiger charge is 2.16. The first-order valence-corrected chi connectivity index (χ1v) is 5.27. The average Bonchev–Trinajstić information content (AvgIpc) is 2.36. The van der Waals surface area contributed by atoms with E-state index in [0.29, 0.717) is 5.56 Å². The Morgan fingerprint density at radius 1 is 1.22 bits per heavy atom. The molecule has 5 heteroatoms. The van der Waals surface area contributed by atoms with E-state index in [1.165, 1.54) is 18.2 Å². The zero-order valence-corrected chi connectivity index (χ0v) is 9.75. The van der Waals surface area contributed by atoms with Gasteiger partial charge in [-0.05, 0) is 18.6 Å². The first-order valence-electron chi connectivity index (χ1n) is 5.27. The lowest BCUT2D eigenvalue weighted by molar-refractivity contribution is -0.137. The number of aliphatic carboxylic acids is 1. The van der Waals surface area contributed by atoms with E-state index in [2.05, 4.69) is 4.74 Å². The minimum atomic E-state index is -1.05. The van der Waals surface area contributed by atoms with Crippen molar-refractivity contribution in [2.24, 2.45) is 0 Å². The SMILES string of the molecule is CCOC(=O)C(=O)c1ccc(C=CC(=O)O)cc1. The summed E-state index contributed by atoms with van der Waals surface area (Å²) in [5, 5.41) is 8.45. The third kappa shape index (κ3) is 3.86. The van der Waals surface area contributed by atoms with Crippen molar-refractivity contribution in [2.45, 2.75) is 6.92 Å². The highest BCUT2D eigenvalue weighted by molar-refractivity contribution is 6.40. The summed E-state index contributed by atoms with van der Waals surface area (Å²) in [6.45, 7) is 1.76. The Morgan fingerprint density at radius 2 is 1.83 bits per heavy atom. The summed E-state index contributed by atoms with van der Waals surface area (Å²) in [6, 6.07) is 5.99. The molecule has 0 aliphatic carbocycles. The third-order valence-corrected chi connectivity index (χ3v) is 2.05. The Morgan fingerprint density at radius 3 is 2.33 bits per heavy atom. The molecular weight excluding hydrogens is 236 g/mol. The molecule has 0 saturated carbocycles. The number of hydrogen-bond acceptors (Lipinski definition) is 4. The number of benzene rings is 1. The summed E-state index contributed by atoms with van der Waals surface area (Å²) in [5.74, 6) is -2.67. The van der Waals surface area contributed by atoms with Gasteiger partial charge in [-0.15, -0.1) is 0 Å². The maximum atomic E-state index is 11.5. The molecule has 0 bridgehead atoms. The zero-order chi connectivity index (χ0) is 13.5. The van der Waals surface area contributed by atoms with E-state index in [1.807, 2.05) is 0 Å². The van der Waals surface area contributed by atoms with E-state index in [1.54, 1.807) is 19.1 Å². The second kappa shape index (κ2) is 6.34. The molecule has 0 unspecified atom stereocenters. The Kier molecular flexibility index (Phi) is 4.80. The molecule has 0 aromatic heterocycles. The fraction of sp³-hybridized carbons (Fsp3) is 0.154. The largest absolute Gasteiger partial charge is 0.478 e. The van der Waals surface area contributed by atoms with Crippen LogP contribution in [0.5, 0.6) is 0 Å². The molecule has 0 radical (unpaired) electrons. The predicted octanol–water partition coefficient (Wildman–Crippen LogP) is 1.53. The van der Waals surface area contributed by atoms with Gasteiger partial charge in [-0.1, -0.05) is 24.3 Å². The summed E-state index contributed by atoms with van der Waals surface area (Å²) < 4.78 is 4.59. The maximum Gasteiger partial charge on any atom is 0.379 e. The molecule has 0 fully saturated rings. The van der Waals surface area contributed by atoms with Crippen molar-refractivity contribution in [3.63, 3.8) is 0 Å². The summed E-state index contributed by atoms with van der Waals surface area (Å²) >= 11 is 0. The van der Waals surface area contributed by atoms with Gasteiger partial charge in [-0.25, -0.2) is 9.59 Å². The van der Waals surface area contributed by atoms with E-state index >= 15 is 0 Å². The standard InChI is InChI=1S/C13H12O5/c1-2-18-13(17)12(16)10-6-3-9(4-7-10)5-8-11(14)15/h3-8H,2H2,1H3,(H,14,15). The van der Waals surface area contributed by atoms with Crippen molar-refractivity contribution in [3.05, 3.63) is 41.5 Å². The Bertz CT molecular complexity index is 485. The van der Waals surface area contributed by atoms with Crippen molar-refractivity contribution in [1.82, 2.24) is 0 Å². The van der Waals surface area contributed by atoms with Gasteiger partial charge in [0, 0.05) is 11.6 Å². The van der Waals surface area contributed by atoms with E-state index in [4.69, 9.17) is 5.11 Å². The fourth-order valence-corrected chi connectivity index (χ4v) is 1.23. The molecule has 0 atom stereocenters. The van der Waals surface area contributed by atoms with Gasteiger partial charge in [0.2, 0.25) is 0 Å². The lowest BCUT2D eigenvalue weighted by Crippen LogP contribution is -2.17. The quantitative estimate of drug-likeness (QED) is 0.370. The minimum absolute atomic E-state index is 0.143. The molecule has 0 heterocycles. The van der Waals surface area contributed by atoms with Crippen molar-refractivity contribution >= 4 is 23.8 Å². The first kappa shape index (κ1) is 13.6. The summed E-state index contributed by atoms with van der Waals surface area (Å²) in [6.07, 6.45) is 2.38. The van der Waals surface area contributed by atoms with E-state index < -0.39 is 17.7 Å². The zero-order valence-electron chi connectivity index (χ0n) is 9.75. The lowest BCUT2D eigenvalue weighted by Gasteiger charge is -2.01. The molecule has 0 aliphatic heterocycles. The van der Waals surface area contributed by atoms with E-state index in [9.17, 15) is 14.4 Å². The van der Waals surface area contributed by atoms with Crippen LogP contribution < -0.4 is 0 Å². The number of Topliss-reactive ketones (excluding diaryl/α,β-unsaturated/α-hetero) is 1. The molecule has 0 aliphatic rings. The molecule has 18 heavy (non-hydrogen) atoms. The van der Waals surface area contributed by atoms with Crippen molar-refractivity contribution in [2.75, 3.05) is 6.61 Å². The molecule has 0 saturated heterocycles. The maximum absolute atomic E-state index is 11.5. The van der Waals surface area contributed by atoms with Gasteiger partial charge in [0.25, 0.3) is 5.78 Å². The second-order valence-electron chi connectivity index (χ2n) is 3.34. The molecule has 1 rings (SSSR count). The van der Waals surface area contributed by atoms with Crippen LogP contribution in [0.1, 0.15) is 22.8 Å². The molecule has 0 amide bonds. The van der Waals surface area contributed by atoms with Crippen molar-refractivity contribution < 1.29 is 24.2 Å². The van der Waals surface area contributed by atoms with Gasteiger partial charge in [-0.3, -0.25) is 4.79 Å². The fourth-order valence-electron chi connectivity index (χ4n) is 1.23. The van der Waals surface area contributed by atoms with Crippen LogP contribution in [0.15, 0.2) is 30.3 Å². The van der Waals surface area contributed by atoms with Gasteiger partial charge < -0.3 is 9.84 Å². The van der Waals surface area contributed by atoms with E-state index in [0.717, 1.165) is 6.08 Å². The first-order chi connectivity index (χ1) is 8.54. The average molecular weight is 248 g/mol. The molecule has 0 spiro atoms. The van der Waals surface area contributed by atoms with E-state index in [-0.39, 0.29) is 12.2 Å². The number of esters is 1. The van der Waals surface area contributed by atoms with Gasteiger partial charge in [-0.2, -0.15) is 0 Å². The van der Waals surface area contributed by atoms with Crippen LogP contribution >= 0.6 is 0 Å². The molecule has 94 valence electrons. The number of carboxylic acid groups (broad SMARTS) is 1. The van der Waals surface area contributed by atoms with Crippen molar-refractivity contribution in [3.8, 4) is 0 Å². The van der Waals surface area contributed by atoms with Crippen LogP contribution in [-0.2, 0) is 14.3 Å². The monoisotopic (exact) mass is 248 g/mol. The molecule has 1 aromatic carbocycles. The van der Waals surface area contributed by atoms with Crippen LogP contribution in [0.3, 0.4) is 0 Å². The predicted molar refractivity (Wildman–Crippen MR) is 64.1 cm³/mol. The lowest BCUT2D eigenvalue weighted by atomic mass is 10.1. The Balaban J connectivity index is 2.79. The third-order valence-electron chi connectivity index (χ3n) is 2.05. The summed E-state index contributed by atoms with van der Waals surface area (Å²) in [7, 11) is 0. The summed E-state index contributed by atoms with van der Waals surface area (Å²) in [4.78, 5) is 33.0. The molecule has 1 N–H and O–H groups in total. The van der Waals surface area contributed by atoms with Crippen molar-refractivity contribution in [1.29, 1.82) is 0 Å². The van der Waals surface area contributed by atoms with Gasteiger partial charge in [0.05, 0.1) is 6.61 Å². The normalized spacial score (nSPS) is 10.3. The van der Waals surface area contributed by atoms with Crippen LogP contribution in [0.25, 0.3) is 6.08 Å². The minimum Gasteiger partial charge on any atom is -0.478 e. The Labute approximate surface area is 104 Å². The molecular formula is C13H12O5. The molecule has 1 aromatic rings. The van der Waals surface area contributed by atoms with Crippen LogP contribution in [-0.4, -0.2) is 29.4 Å². The number of ketones is 1. The van der Waals surface area contributed by atoms with Gasteiger partial charge >= 0.3 is 11.9 Å². The number of carboxylic acids is 1. The molecule has 5 nitrogen and oxygen atoms in total. The number of hydrogen-bond donors (Lipinski definition) is 1. The number of carbonyl (C=O) groups excluding carboxylic acids is 2. The van der Waals surface area contributed by atoms with Gasteiger partial charge in [0.15, 0.2) is 0 Å². The van der Waals surface area contributed by atoms with Crippen LogP contribution in [0, 0.1) is 0 Å². The highest BCUT2D eigenvalue weighted by atomic mass is 16.5. The van der Waals surface area contributed by atoms with Crippen LogP contribution in [0.2, 0.25) is 0 Å².